The SMILES string of the molecule is O=C1NC(=NCCCOCC2CC2)NC1=O. The Morgan fingerprint density at radius 1 is 1.25 bits per heavy atom. The van der Waals surface area contributed by atoms with Crippen LogP contribution in [0.1, 0.15) is 19.3 Å². The van der Waals surface area contributed by atoms with E-state index in [0.29, 0.717) is 13.2 Å². The maximum atomic E-state index is 10.8. The Hall–Kier alpha value is -1.43. The van der Waals surface area contributed by atoms with E-state index in [4.69, 9.17) is 4.74 Å². The molecule has 16 heavy (non-hydrogen) atoms. The predicted molar refractivity (Wildman–Crippen MR) is 56.7 cm³/mol. The molecule has 0 radical (unpaired) electrons. The molecule has 88 valence electrons. The minimum Gasteiger partial charge on any atom is -0.381 e. The third kappa shape index (κ3) is 3.30. The van der Waals surface area contributed by atoms with Crippen molar-refractivity contribution in [3.63, 3.8) is 0 Å². The molecule has 0 atom stereocenters. The second-order valence-electron chi connectivity index (χ2n) is 4.01. The third-order valence-electron chi connectivity index (χ3n) is 2.44. The number of nitrogens with one attached hydrogen (secondary N) is 2. The molecule has 1 saturated carbocycles. The highest BCUT2D eigenvalue weighted by Crippen LogP contribution is 2.28. The van der Waals surface area contributed by atoms with Crippen LogP contribution in [0.2, 0.25) is 0 Å². The van der Waals surface area contributed by atoms with Gasteiger partial charge in [-0.05, 0) is 25.2 Å². The number of amides is 2. The number of ether oxygens (including phenoxy) is 1. The van der Waals surface area contributed by atoms with Gasteiger partial charge in [0.1, 0.15) is 0 Å². The number of hydrogen-bond donors (Lipinski definition) is 2. The Morgan fingerprint density at radius 3 is 2.56 bits per heavy atom. The third-order valence-corrected chi connectivity index (χ3v) is 2.44. The van der Waals surface area contributed by atoms with Crippen molar-refractivity contribution in [2.24, 2.45) is 10.9 Å². The minimum absolute atomic E-state index is 0.247. The van der Waals surface area contributed by atoms with Crippen LogP contribution in [0.3, 0.4) is 0 Å². The molecule has 1 aliphatic heterocycles. The van der Waals surface area contributed by atoms with Crippen LogP contribution in [0.4, 0.5) is 0 Å². The van der Waals surface area contributed by atoms with Gasteiger partial charge in [-0.1, -0.05) is 0 Å². The maximum absolute atomic E-state index is 10.8. The standard InChI is InChI=1S/C10H15N3O3/c14-8-9(15)13-10(12-8)11-4-1-5-16-6-7-2-3-7/h7H,1-6H2,(H2,11,12,13,14,15). The maximum Gasteiger partial charge on any atom is 0.316 e. The summed E-state index contributed by atoms with van der Waals surface area (Å²) >= 11 is 0. The number of rotatable bonds is 6. The monoisotopic (exact) mass is 225 g/mol. The summed E-state index contributed by atoms with van der Waals surface area (Å²) in [6.45, 7) is 2.07. The van der Waals surface area contributed by atoms with Gasteiger partial charge >= 0.3 is 11.8 Å². The van der Waals surface area contributed by atoms with Crippen molar-refractivity contribution in [2.75, 3.05) is 19.8 Å². The zero-order valence-corrected chi connectivity index (χ0v) is 8.99. The first kappa shape index (κ1) is 11.1. The van der Waals surface area contributed by atoms with Crippen molar-refractivity contribution >= 4 is 17.8 Å². The van der Waals surface area contributed by atoms with Crippen molar-refractivity contribution in [1.82, 2.24) is 10.6 Å². The lowest BCUT2D eigenvalue weighted by molar-refractivity contribution is -0.135. The van der Waals surface area contributed by atoms with E-state index >= 15 is 0 Å². The molecule has 6 heteroatoms. The van der Waals surface area contributed by atoms with Crippen LogP contribution in [0.15, 0.2) is 4.99 Å². The predicted octanol–water partition coefficient (Wildman–Crippen LogP) is -0.595. The molecule has 1 heterocycles. The molecule has 6 nitrogen and oxygen atoms in total. The highest BCUT2D eigenvalue weighted by molar-refractivity contribution is 6.45. The summed E-state index contributed by atoms with van der Waals surface area (Å²) in [5.41, 5.74) is 0. The lowest BCUT2D eigenvalue weighted by Crippen LogP contribution is -2.26. The largest absolute Gasteiger partial charge is 0.381 e. The molecular formula is C10H15N3O3. The first-order valence-corrected chi connectivity index (χ1v) is 5.50. The van der Waals surface area contributed by atoms with E-state index < -0.39 is 11.8 Å². The number of hydrogen-bond acceptors (Lipinski definition) is 4. The van der Waals surface area contributed by atoms with Crippen LogP contribution in [0.5, 0.6) is 0 Å². The normalized spacial score (nSPS) is 19.6. The summed E-state index contributed by atoms with van der Waals surface area (Å²) in [4.78, 5) is 25.6. The first-order valence-electron chi connectivity index (χ1n) is 5.50. The Bertz CT molecular complexity index is 305. The number of nitrogens with zero attached hydrogens (tertiary/aromatic N) is 1. The molecule has 1 saturated heterocycles. The zero-order chi connectivity index (χ0) is 11.4. The number of guanidine groups is 1. The quantitative estimate of drug-likeness (QED) is 0.468. The molecule has 2 fully saturated rings. The van der Waals surface area contributed by atoms with Gasteiger partial charge < -0.3 is 4.74 Å². The fourth-order valence-electron chi connectivity index (χ4n) is 1.33. The summed E-state index contributed by atoms with van der Waals surface area (Å²) in [5.74, 6) is -0.274. The van der Waals surface area contributed by atoms with E-state index in [2.05, 4.69) is 15.6 Å². The summed E-state index contributed by atoms with van der Waals surface area (Å²) < 4.78 is 5.42. The van der Waals surface area contributed by atoms with Gasteiger partial charge in [-0.2, -0.15) is 0 Å². The van der Waals surface area contributed by atoms with Crippen molar-refractivity contribution < 1.29 is 14.3 Å². The number of carbonyl (C=O) groups excluding carboxylic acids is 2. The smallest absolute Gasteiger partial charge is 0.316 e. The van der Waals surface area contributed by atoms with Crippen LogP contribution < -0.4 is 10.6 Å². The molecule has 1 aliphatic carbocycles. The molecule has 0 unspecified atom stereocenters. The van der Waals surface area contributed by atoms with E-state index in [-0.39, 0.29) is 5.96 Å². The minimum atomic E-state index is -0.649. The summed E-state index contributed by atoms with van der Waals surface area (Å²) in [6, 6.07) is 0. The summed E-state index contributed by atoms with van der Waals surface area (Å²) in [7, 11) is 0. The van der Waals surface area contributed by atoms with E-state index in [1.807, 2.05) is 0 Å². The van der Waals surface area contributed by atoms with Crippen LogP contribution >= 0.6 is 0 Å². The van der Waals surface area contributed by atoms with Crippen LogP contribution in [-0.4, -0.2) is 37.5 Å². The highest BCUT2D eigenvalue weighted by Gasteiger charge is 2.24. The van der Waals surface area contributed by atoms with Crippen molar-refractivity contribution in [3.8, 4) is 0 Å². The zero-order valence-electron chi connectivity index (χ0n) is 8.99. The van der Waals surface area contributed by atoms with E-state index in [9.17, 15) is 9.59 Å². The Kier molecular flexibility index (Phi) is 3.51. The van der Waals surface area contributed by atoms with Crippen LogP contribution in [0, 0.1) is 5.92 Å². The molecule has 2 N–H and O–H groups in total. The summed E-state index contributed by atoms with van der Waals surface area (Å²) in [6.07, 6.45) is 3.38. The van der Waals surface area contributed by atoms with Crippen LogP contribution in [0.25, 0.3) is 0 Å². The molecule has 2 rings (SSSR count). The van der Waals surface area contributed by atoms with Gasteiger partial charge in [-0.25, -0.2) is 0 Å². The van der Waals surface area contributed by atoms with Gasteiger partial charge in [0.15, 0.2) is 0 Å². The lowest BCUT2D eigenvalue weighted by atomic mass is 10.4. The Morgan fingerprint density at radius 2 is 1.94 bits per heavy atom. The van der Waals surface area contributed by atoms with Gasteiger partial charge in [0.05, 0.1) is 0 Å². The van der Waals surface area contributed by atoms with Gasteiger partial charge in [-0.3, -0.25) is 25.2 Å². The van der Waals surface area contributed by atoms with Gasteiger partial charge in [0.25, 0.3) is 0 Å². The van der Waals surface area contributed by atoms with Gasteiger partial charge in [-0.15, -0.1) is 0 Å². The highest BCUT2D eigenvalue weighted by atomic mass is 16.5. The number of carbonyl (C=O) groups is 2. The second-order valence-corrected chi connectivity index (χ2v) is 4.01. The average Bonchev–Trinajstić information content (AvgIpc) is 3.01. The second kappa shape index (κ2) is 5.07. The van der Waals surface area contributed by atoms with E-state index in [1.165, 1.54) is 12.8 Å². The van der Waals surface area contributed by atoms with E-state index in [1.54, 1.807) is 0 Å². The molecule has 0 spiro atoms. The Balaban J connectivity index is 1.54. The molecule has 2 aliphatic rings. The first-order chi connectivity index (χ1) is 7.75. The molecule has 0 aromatic heterocycles. The van der Waals surface area contributed by atoms with Crippen molar-refractivity contribution in [3.05, 3.63) is 0 Å². The molecule has 0 aromatic rings. The fraction of sp³-hybridized carbons (Fsp3) is 0.700. The molecule has 0 aromatic carbocycles. The topological polar surface area (TPSA) is 79.8 Å². The average molecular weight is 225 g/mol. The summed E-state index contributed by atoms with van der Waals surface area (Å²) in [5, 5.41) is 4.66. The molecule has 2 amide bonds. The fourth-order valence-corrected chi connectivity index (χ4v) is 1.33. The Labute approximate surface area is 93.4 Å². The van der Waals surface area contributed by atoms with Crippen molar-refractivity contribution in [2.45, 2.75) is 19.3 Å². The van der Waals surface area contributed by atoms with Gasteiger partial charge in [0.2, 0.25) is 5.96 Å². The van der Waals surface area contributed by atoms with Crippen molar-refractivity contribution in [1.29, 1.82) is 0 Å². The van der Waals surface area contributed by atoms with E-state index in [0.717, 1.165) is 18.9 Å². The molecule has 0 bridgehead atoms. The molecular weight excluding hydrogens is 210 g/mol. The van der Waals surface area contributed by atoms with Crippen LogP contribution in [-0.2, 0) is 14.3 Å². The number of aliphatic imine (C=N–C) groups is 1. The lowest BCUT2D eigenvalue weighted by Gasteiger charge is -2.01. The van der Waals surface area contributed by atoms with Gasteiger partial charge in [0, 0.05) is 19.8 Å².